The minimum absolute atomic E-state index is 0.0515. The van der Waals surface area contributed by atoms with Crippen LogP contribution < -0.4 is 16.0 Å². The molecule has 1 fully saturated rings. The van der Waals surface area contributed by atoms with Gasteiger partial charge >= 0.3 is 6.09 Å². The second-order valence-electron chi connectivity index (χ2n) is 13.7. The smallest absolute Gasteiger partial charge is 0.407 e. The molecule has 0 saturated carbocycles. The zero-order valence-electron chi connectivity index (χ0n) is 27.4. The first kappa shape index (κ1) is 35.5. The molecule has 1 unspecified atom stereocenters. The number of carbonyl (C=O) groups excluding carboxylic acids is 5. The number of likely N-dealkylation sites (tertiary alicyclic amines) is 1. The summed E-state index contributed by atoms with van der Waals surface area (Å²) >= 11 is 0. The van der Waals surface area contributed by atoms with Gasteiger partial charge in [0, 0.05) is 13.1 Å². The van der Waals surface area contributed by atoms with Gasteiger partial charge in [-0.15, -0.1) is 13.2 Å². The van der Waals surface area contributed by atoms with E-state index >= 15 is 0 Å². The van der Waals surface area contributed by atoms with E-state index in [0.29, 0.717) is 32.2 Å². The van der Waals surface area contributed by atoms with Crippen molar-refractivity contribution in [2.24, 2.45) is 23.2 Å². The van der Waals surface area contributed by atoms with Gasteiger partial charge in [-0.25, -0.2) is 4.79 Å². The first-order valence-corrected chi connectivity index (χ1v) is 15.9. The second kappa shape index (κ2) is 15.9. The van der Waals surface area contributed by atoms with Crippen molar-refractivity contribution in [1.29, 1.82) is 0 Å². The minimum Gasteiger partial charge on any atom is -0.449 e. The summed E-state index contributed by atoms with van der Waals surface area (Å²) < 4.78 is 5.50. The van der Waals surface area contributed by atoms with Crippen LogP contribution in [0.15, 0.2) is 49.6 Å². The van der Waals surface area contributed by atoms with Crippen LogP contribution in [0, 0.1) is 23.2 Å². The lowest BCUT2D eigenvalue weighted by Gasteiger charge is -2.34. The normalized spacial score (nSPS) is 19.3. The molecule has 4 amide bonds. The van der Waals surface area contributed by atoms with Crippen LogP contribution in [0.5, 0.6) is 0 Å². The Bertz CT molecular complexity index is 1240. The monoisotopic (exact) mass is 622 g/mol. The highest BCUT2D eigenvalue weighted by Gasteiger charge is 2.47. The molecule has 0 bridgehead atoms. The standard InChI is InChI=1S/C35H50N4O6/c1-8-10-15-27(30(40)32(42)36-17-9-2)37-31(41)29-26(22(3)4)16-18-39(29)33(43)28(38-34(44)45-21-35(5,6)7)25-19-23-13-11-12-14-24(23)20-25/h8-9,11-14,22,25-29H,1-2,10,15-21H2,3-7H3,(H,36,42)(H,37,41)(H,38,44)/t26-,27?,28+,29+/m1/s1. The summed E-state index contributed by atoms with van der Waals surface area (Å²) in [6, 6.07) is 5.08. The predicted octanol–water partition coefficient (Wildman–Crippen LogP) is 3.74. The molecule has 10 heteroatoms. The highest BCUT2D eigenvalue weighted by atomic mass is 16.5. The van der Waals surface area contributed by atoms with Crippen LogP contribution in [-0.2, 0) is 36.8 Å². The van der Waals surface area contributed by atoms with Crippen molar-refractivity contribution >= 4 is 29.6 Å². The summed E-state index contributed by atoms with van der Waals surface area (Å²) in [7, 11) is 0. The zero-order valence-corrected chi connectivity index (χ0v) is 27.4. The average Bonchev–Trinajstić information content (AvgIpc) is 3.63. The van der Waals surface area contributed by atoms with Gasteiger partial charge in [0.1, 0.15) is 12.1 Å². The Morgan fingerprint density at radius 2 is 1.67 bits per heavy atom. The van der Waals surface area contributed by atoms with Crippen molar-refractivity contribution in [3.8, 4) is 0 Å². The zero-order chi connectivity index (χ0) is 33.3. The SMILES string of the molecule is C=CCCC(NC(=O)[C@@H]1[C@@H](C(C)C)CCN1C(=O)[C@@H](NC(=O)OCC(C)(C)C)C1Cc2ccccc2C1)C(=O)C(=O)NCC=C. The van der Waals surface area contributed by atoms with Gasteiger partial charge in [-0.2, -0.15) is 0 Å². The molecule has 1 aliphatic carbocycles. The Hall–Kier alpha value is -3.95. The molecule has 246 valence electrons. The Morgan fingerprint density at radius 3 is 2.22 bits per heavy atom. The average molecular weight is 623 g/mol. The topological polar surface area (TPSA) is 134 Å². The molecule has 45 heavy (non-hydrogen) atoms. The van der Waals surface area contributed by atoms with Crippen molar-refractivity contribution in [2.75, 3.05) is 19.7 Å². The number of carbonyl (C=O) groups is 5. The molecule has 1 saturated heterocycles. The third-order valence-electron chi connectivity index (χ3n) is 8.51. The minimum atomic E-state index is -1.09. The molecule has 4 atom stereocenters. The van der Waals surface area contributed by atoms with Gasteiger partial charge in [0.05, 0.1) is 12.6 Å². The lowest BCUT2D eigenvalue weighted by Crippen LogP contribution is -2.59. The van der Waals surface area contributed by atoms with Crippen molar-refractivity contribution in [2.45, 2.75) is 84.8 Å². The number of allylic oxidation sites excluding steroid dienone is 1. The van der Waals surface area contributed by atoms with Gasteiger partial charge in [-0.05, 0) is 66.4 Å². The number of benzene rings is 1. The van der Waals surface area contributed by atoms with Gasteiger partial charge in [-0.3, -0.25) is 19.2 Å². The van der Waals surface area contributed by atoms with E-state index in [9.17, 15) is 24.0 Å². The first-order chi connectivity index (χ1) is 21.3. The molecule has 3 N–H and O–H groups in total. The third-order valence-corrected chi connectivity index (χ3v) is 8.51. The van der Waals surface area contributed by atoms with Crippen molar-refractivity contribution < 1.29 is 28.7 Å². The number of amides is 4. The molecular weight excluding hydrogens is 572 g/mol. The number of nitrogens with one attached hydrogen (secondary N) is 3. The van der Waals surface area contributed by atoms with E-state index in [4.69, 9.17) is 4.74 Å². The van der Waals surface area contributed by atoms with E-state index in [1.807, 2.05) is 58.9 Å². The second-order valence-corrected chi connectivity index (χ2v) is 13.7. The van der Waals surface area contributed by atoms with E-state index < -0.39 is 41.8 Å². The molecule has 3 rings (SSSR count). The molecule has 1 aliphatic heterocycles. The Labute approximate surface area is 267 Å². The summed E-state index contributed by atoms with van der Waals surface area (Å²) in [5.41, 5.74) is 1.99. The predicted molar refractivity (Wildman–Crippen MR) is 173 cm³/mol. The van der Waals surface area contributed by atoms with E-state index in [-0.39, 0.29) is 48.6 Å². The number of alkyl carbamates (subject to hydrolysis) is 1. The van der Waals surface area contributed by atoms with E-state index in [1.165, 1.54) is 6.08 Å². The van der Waals surface area contributed by atoms with Crippen LogP contribution >= 0.6 is 0 Å². The number of hydrogen-bond donors (Lipinski definition) is 3. The van der Waals surface area contributed by atoms with E-state index in [2.05, 4.69) is 29.1 Å². The maximum atomic E-state index is 14.4. The molecular formula is C35H50N4O6. The molecule has 2 aliphatic rings. The lowest BCUT2D eigenvalue weighted by atomic mass is 9.87. The molecule has 0 radical (unpaired) electrons. The fourth-order valence-electron chi connectivity index (χ4n) is 6.16. The van der Waals surface area contributed by atoms with Crippen LogP contribution in [0.1, 0.15) is 65.0 Å². The molecule has 1 aromatic rings. The fourth-order valence-corrected chi connectivity index (χ4v) is 6.16. The van der Waals surface area contributed by atoms with Gasteiger partial charge in [0.15, 0.2) is 0 Å². The quantitative estimate of drug-likeness (QED) is 0.214. The number of hydrogen-bond acceptors (Lipinski definition) is 6. The maximum Gasteiger partial charge on any atom is 0.407 e. The number of ether oxygens (including phenoxy) is 1. The molecule has 1 heterocycles. The number of nitrogens with zero attached hydrogens (tertiary/aromatic N) is 1. The van der Waals surface area contributed by atoms with E-state index in [1.54, 1.807) is 11.0 Å². The van der Waals surface area contributed by atoms with Crippen molar-refractivity contribution in [1.82, 2.24) is 20.9 Å². The molecule has 0 aromatic heterocycles. The molecule has 1 aromatic carbocycles. The van der Waals surface area contributed by atoms with Crippen LogP contribution in [0.25, 0.3) is 0 Å². The summed E-state index contributed by atoms with van der Waals surface area (Å²) in [6.07, 6.45) is 4.77. The summed E-state index contributed by atoms with van der Waals surface area (Å²) in [5.74, 6) is -2.81. The maximum absolute atomic E-state index is 14.4. The van der Waals surface area contributed by atoms with Crippen LogP contribution in [0.2, 0.25) is 0 Å². The van der Waals surface area contributed by atoms with Gasteiger partial charge < -0.3 is 25.6 Å². The van der Waals surface area contributed by atoms with E-state index in [0.717, 1.165) is 11.1 Å². The largest absolute Gasteiger partial charge is 0.449 e. The highest BCUT2D eigenvalue weighted by molar-refractivity contribution is 6.38. The van der Waals surface area contributed by atoms with Crippen molar-refractivity contribution in [3.63, 3.8) is 0 Å². The number of Topliss-reactive ketones (excluding diaryl/α,β-unsaturated/α-hetero) is 1. The van der Waals surface area contributed by atoms with Gasteiger partial charge in [0.25, 0.3) is 5.91 Å². The lowest BCUT2D eigenvalue weighted by molar-refractivity contribution is -0.144. The highest BCUT2D eigenvalue weighted by Crippen LogP contribution is 2.34. The van der Waals surface area contributed by atoms with Crippen LogP contribution in [0.3, 0.4) is 0 Å². The summed E-state index contributed by atoms with van der Waals surface area (Å²) in [6.45, 7) is 17.7. The van der Waals surface area contributed by atoms with Crippen molar-refractivity contribution in [3.05, 3.63) is 60.7 Å². The summed E-state index contributed by atoms with van der Waals surface area (Å²) in [4.78, 5) is 68.6. The number of ketones is 1. The number of rotatable bonds is 14. The third kappa shape index (κ3) is 9.52. The Balaban J connectivity index is 1.89. The molecule has 0 spiro atoms. The Kier molecular flexibility index (Phi) is 12.5. The summed E-state index contributed by atoms with van der Waals surface area (Å²) in [5, 5.41) is 8.13. The first-order valence-electron chi connectivity index (χ1n) is 15.9. The van der Waals surface area contributed by atoms with Crippen LogP contribution in [-0.4, -0.2) is 72.3 Å². The van der Waals surface area contributed by atoms with Gasteiger partial charge in [0.2, 0.25) is 17.6 Å². The number of fused-ring (bicyclic) bond motifs is 1. The molecule has 10 nitrogen and oxygen atoms in total. The fraction of sp³-hybridized carbons (Fsp3) is 0.571. The van der Waals surface area contributed by atoms with Gasteiger partial charge in [-0.1, -0.05) is 71.0 Å². The van der Waals surface area contributed by atoms with Crippen LogP contribution in [0.4, 0.5) is 4.79 Å². The Morgan fingerprint density at radius 1 is 1.02 bits per heavy atom.